The first-order valence-corrected chi connectivity index (χ1v) is 6.81. The van der Waals surface area contributed by atoms with Crippen LogP contribution in [0.15, 0.2) is 0 Å². The van der Waals surface area contributed by atoms with E-state index < -0.39 is 0 Å². The quantitative estimate of drug-likeness (QED) is 0.697. The molecule has 0 aromatic heterocycles. The maximum absolute atomic E-state index is 3.83. The molecule has 102 valence electrons. The van der Waals surface area contributed by atoms with E-state index in [0.717, 1.165) is 13.2 Å². The Kier molecular flexibility index (Phi) is 3.49. The zero-order valence-electron chi connectivity index (χ0n) is 13.4. The van der Waals surface area contributed by atoms with Crippen LogP contribution in [0.1, 0.15) is 62.3 Å². The van der Waals surface area contributed by atoms with Gasteiger partial charge in [0.1, 0.15) is 0 Å². The summed E-state index contributed by atoms with van der Waals surface area (Å²) in [6, 6.07) is 0. The molecule has 2 heteroatoms. The molecular weight excluding hydrogens is 208 g/mol. The first-order chi connectivity index (χ1) is 7.31. The zero-order valence-corrected chi connectivity index (χ0v) is 13.4. The average molecular weight is 240 g/mol. The molecule has 2 nitrogen and oxygen atoms in total. The molecule has 0 bridgehead atoms. The van der Waals surface area contributed by atoms with Crippen molar-refractivity contribution in [3.05, 3.63) is 0 Å². The predicted octanol–water partition coefficient (Wildman–Crippen LogP) is 3.48. The molecule has 1 rings (SSSR count). The van der Waals surface area contributed by atoms with Crippen LogP contribution in [0.2, 0.25) is 0 Å². The van der Waals surface area contributed by atoms with Crippen LogP contribution in [0.4, 0.5) is 0 Å². The lowest BCUT2D eigenvalue weighted by Crippen LogP contribution is -2.62. The van der Waals surface area contributed by atoms with Crippen LogP contribution in [0, 0.1) is 10.8 Å². The number of nitrogens with zero attached hydrogens (tertiary/aromatic N) is 1. The molecule has 1 heterocycles. The van der Waals surface area contributed by atoms with Gasteiger partial charge in [0, 0.05) is 24.3 Å². The third-order valence-electron chi connectivity index (χ3n) is 4.51. The minimum absolute atomic E-state index is 0.174. The van der Waals surface area contributed by atoms with Gasteiger partial charge in [-0.3, -0.25) is 10.2 Å². The minimum atomic E-state index is 0.174. The fraction of sp³-hybridized carbons (Fsp3) is 1.00. The smallest absolute Gasteiger partial charge is 0.0491 e. The lowest BCUT2D eigenvalue weighted by Gasteiger charge is -2.52. The Morgan fingerprint density at radius 2 is 1.24 bits per heavy atom. The minimum Gasteiger partial charge on any atom is -0.296 e. The van der Waals surface area contributed by atoms with Gasteiger partial charge < -0.3 is 0 Å². The van der Waals surface area contributed by atoms with Crippen LogP contribution < -0.4 is 5.32 Å². The molecule has 1 aliphatic rings. The fourth-order valence-corrected chi connectivity index (χ4v) is 3.23. The zero-order chi connectivity index (χ0) is 13.7. The normalized spacial score (nSPS) is 23.1. The second-order valence-electron chi connectivity index (χ2n) is 8.61. The Balaban J connectivity index is 3.08. The fourth-order valence-electron chi connectivity index (χ4n) is 3.23. The summed E-state index contributed by atoms with van der Waals surface area (Å²) in [6.45, 7) is 23.2. The molecule has 1 fully saturated rings. The van der Waals surface area contributed by atoms with Crippen molar-refractivity contribution in [1.82, 2.24) is 10.2 Å². The second-order valence-corrected chi connectivity index (χ2v) is 8.61. The molecule has 0 radical (unpaired) electrons. The van der Waals surface area contributed by atoms with Gasteiger partial charge in [0.15, 0.2) is 0 Å². The lowest BCUT2D eigenvalue weighted by molar-refractivity contribution is 0.0344. The topological polar surface area (TPSA) is 15.3 Å². The molecule has 0 unspecified atom stereocenters. The first kappa shape index (κ1) is 15.0. The average Bonchev–Trinajstić information content (AvgIpc) is 2.43. The van der Waals surface area contributed by atoms with Crippen molar-refractivity contribution >= 4 is 0 Å². The van der Waals surface area contributed by atoms with Gasteiger partial charge in [-0.05, 0) is 31.6 Å². The van der Waals surface area contributed by atoms with Gasteiger partial charge in [0.25, 0.3) is 0 Å². The summed E-state index contributed by atoms with van der Waals surface area (Å²) in [5.74, 6) is 0. The molecule has 1 aliphatic heterocycles. The van der Waals surface area contributed by atoms with E-state index in [1.165, 1.54) is 0 Å². The highest BCUT2D eigenvalue weighted by Gasteiger charge is 2.55. The van der Waals surface area contributed by atoms with Gasteiger partial charge in [-0.15, -0.1) is 0 Å². The van der Waals surface area contributed by atoms with E-state index in [0.29, 0.717) is 0 Å². The van der Waals surface area contributed by atoms with Gasteiger partial charge in [0.2, 0.25) is 0 Å². The maximum Gasteiger partial charge on any atom is 0.0491 e. The molecule has 0 aromatic rings. The summed E-state index contributed by atoms with van der Waals surface area (Å²) in [5.41, 5.74) is 0.926. The van der Waals surface area contributed by atoms with E-state index in [4.69, 9.17) is 0 Å². The molecule has 1 saturated heterocycles. The summed E-state index contributed by atoms with van der Waals surface area (Å²) in [5, 5.41) is 3.83. The Hall–Kier alpha value is -0.0800. The standard InChI is InChI=1S/C15H32N2/c1-12(2,3)15(13(4,5)6)10-17(11-16-15)14(7,8)9/h16H,10-11H2,1-9H3. The molecule has 0 atom stereocenters. The molecule has 0 saturated carbocycles. The van der Waals surface area contributed by atoms with Crippen molar-refractivity contribution in [2.45, 2.75) is 73.4 Å². The lowest BCUT2D eigenvalue weighted by atomic mass is 9.60. The number of hydrogen-bond donors (Lipinski definition) is 1. The molecular formula is C15H32N2. The Morgan fingerprint density at radius 1 is 0.824 bits per heavy atom. The van der Waals surface area contributed by atoms with Crippen molar-refractivity contribution in [3.63, 3.8) is 0 Å². The number of nitrogens with one attached hydrogen (secondary N) is 1. The van der Waals surface area contributed by atoms with Gasteiger partial charge in [-0.2, -0.15) is 0 Å². The van der Waals surface area contributed by atoms with E-state index in [-0.39, 0.29) is 21.9 Å². The molecule has 1 N–H and O–H groups in total. The van der Waals surface area contributed by atoms with Crippen LogP contribution in [-0.4, -0.2) is 29.2 Å². The summed E-state index contributed by atoms with van der Waals surface area (Å²) in [6.07, 6.45) is 0. The Morgan fingerprint density at radius 3 is 1.41 bits per heavy atom. The first-order valence-electron chi connectivity index (χ1n) is 6.81. The van der Waals surface area contributed by atoms with Crippen LogP contribution >= 0.6 is 0 Å². The van der Waals surface area contributed by atoms with Crippen molar-refractivity contribution < 1.29 is 0 Å². The number of rotatable bonds is 0. The van der Waals surface area contributed by atoms with E-state index in [1.54, 1.807) is 0 Å². The summed E-state index contributed by atoms with van der Waals surface area (Å²) in [4.78, 5) is 2.56. The molecule has 0 aliphatic carbocycles. The van der Waals surface area contributed by atoms with Gasteiger partial charge >= 0.3 is 0 Å². The van der Waals surface area contributed by atoms with Crippen molar-refractivity contribution in [2.75, 3.05) is 13.2 Å². The Bertz CT molecular complexity index is 259. The maximum atomic E-state index is 3.83. The third kappa shape index (κ3) is 2.53. The van der Waals surface area contributed by atoms with E-state index in [1.807, 2.05) is 0 Å². The van der Waals surface area contributed by atoms with Gasteiger partial charge in [-0.1, -0.05) is 41.5 Å². The molecule has 0 amide bonds. The Labute approximate surface area is 108 Å². The summed E-state index contributed by atoms with van der Waals surface area (Å²) in [7, 11) is 0. The van der Waals surface area contributed by atoms with Crippen molar-refractivity contribution in [3.8, 4) is 0 Å². The molecule has 0 aromatic carbocycles. The monoisotopic (exact) mass is 240 g/mol. The third-order valence-corrected chi connectivity index (χ3v) is 4.51. The highest BCUT2D eigenvalue weighted by atomic mass is 15.4. The van der Waals surface area contributed by atoms with E-state index in [2.05, 4.69) is 72.5 Å². The largest absolute Gasteiger partial charge is 0.296 e. The highest BCUT2D eigenvalue weighted by Crippen LogP contribution is 2.47. The highest BCUT2D eigenvalue weighted by molar-refractivity contribution is 5.11. The predicted molar refractivity (Wildman–Crippen MR) is 76.1 cm³/mol. The van der Waals surface area contributed by atoms with Crippen molar-refractivity contribution in [2.24, 2.45) is 10.8 Å². The van der Waals surface area contributed by atoms with Crippen LogP contribution in [-0.2, 0) is 0 Å². The van der Waals surface area contributed by atoms with Crippen LogP contribution in [0.25, 0.3) is 0 Å². The summed E-state index contributed by atoms with van der Waals surface area (Å²) < 4.78 is 0. The number of hydrogen-bond acceptors (Lipinski definition) is 2. The SMILES string of the molecule is CC(C)(C)N1CNC(C(C)(C)C)(C(C)(C)C)C1. The van der Waals surface area contributed by atoms with Crippen LogP contribution in [0.5, 0.6) is 0 Å². The molecule has 0 spiro atoms. The van der Waals surface area contributed by atoms with E-state index >= 15 is 0 Å². The summed E-state index contributed by atoms with van der Waals surface area (Å²) >= 11 is 0. The van der Waals surface area contributed by atoms with Gasteiger partial charge in [-0.25, -0.2) is 0 Å². The van der Waals surface area contributed by atoms with E-state index in [9.17, 15) is 0 Å². The van der Waals surface area contributed by atoms with Crippen LogP contribution in [0.3, 0.4) is 0 Å². The van der Waals surface area contributed by atoms with Crippen molar-refractivity contribution in [1.29, 1.82) is 0 Å². The second kappa shape index (κ2) is 3.96. The molecule has 17 heavy (non-hydrogen) atoms. The van der Waals surface area contributed by atoms with Gasteiger partial charge in [0.05, 0.1) is 0 Å².